The van der Waals surface area contributed by atoms with Crippen LogP contribution in [0.25, 0.3) is 44.4 Å². The number of carbonyl (C=O) groups excluding carboxylic acids is 2. The second kappa shape index (κ2) is 14.6. The van der Waals surface area contributed by atoms with Crippen molar-refractivity contribution in [3.8, 4) is 39.4 Å². The van der Waals surface area contributed by atoms with Crippen LogP contribution in [0.5, 0.6) is 5.88 Å². The Morgan fingerprint density at radius 3 is 2.06 bits per heavy atom. The van der Waals surface area contributed by atoms with Gasteiger partial charge >= 0.3 is 0 Å². The summed E-state index contributed by atoms with van der Waals surface area (Å²) in [5.74, 6) is 0.749. The molecular formula is C38H38Cl2N6O3. The minimum absolute atomic E-state index is 0.104. The maximum atomic E-state index is 11.5. The number of hydrogen-bond donors (Lipinski definition) is 5. The summed E-state index contributed by atoms with van der Waals surface area (Å²) in [4.78, 5) is 31.3. The van der Waals surface area contributed by atoms with Crippen molar-refractivity contribution in [2.75, 3.05) is 20.2 Å². The monoisotopic (exact) mass is 696 g/mol. The molecule has 3 aromatic carbocycles. The van der Waals surface area contributed by atoms with Crippen LogP contribution in [-0.2, 0) is 22.7 Å². The molecule has 0 aliphatic carbocycles. The summed E-state index contributed by atoms with van der Waals surface area (Å²) in [7, 11) is 1.61. The molecule has 0 spiro atoms. The molecule has 49 heavy (non-hydrogen) atoms. The summed E-state index contributed by atoms with van der Waals surface area (Å²) >= 11 is 14.2. The van der Waals surface area contributed by atoms with Gasteiger partial charge in [0.2, 0.25) is 17.7 Å². The van der Waals surface area contributed by atoms with E-state index in [0.717, 1.165) is 69.4 Å². The molecule has 4 heterocycles. The van der Waals surface area contributed by atoms with Gasteiger partial charge in [0.1, 0.15) is 0 Å². The molecule has 0 saturated carbocycles. The lowest BCUT2D eigenvalue weighted by Crippen LogP contribution is -2.35. The highest BCUT2D eigenvalue weighted by Crippen LogP contribution is 2.42. The van der Waals surface area contributed by atoms with Gasteiger partial charge in [0.15, 0.2) is 0 Å². The molecule has 11 heteroatoms. The number of ether oxygens (including phenoxy) is 1. The van der Waals surface area contributed by atoms with E-state index in [1.54, 1.807) is 7.11 Å². The molecule has 2 atom stereocenters. The van der Waals surface area contributed by atoms with Gasteiger partial charge in [-0.1, -0.05) is 77.8 Å². The smallest absolute Gasteiger partial charge is 0.220 e. The Balaban J connectivity index is 1.09. The van der Waals surface area contributed by atoms with Crippen molar-refractivity contribution in [3.05, 3.63) is 94.1 Å². The van der Waals surface area contributed by atoms with Gasteiger partial charge in [-0.3, -0.25) is 9.59 Å². The second-order valence-electron chi connectivity index (χ2n) is 12.7. The highest BCUT2D eigenvalue weighted by molar-refractivity contribution is 6.39. The largest absolute Gasteiger partial charge is 0.481 e. The number of fused-ring (bicyclic) bond motifs is 1. The number of halogens is 2. The minimum atomic E-state index is 0.104. The van der Waals surface area contributed by atoms with Crippen LogP contribution in [0.4, 0.5) is 0 Å². The fraction of sp³-hybridized carbons (Fsp3) is 0.289. The average Bonchev–Trinajstić information content (AvgIpc) is 3.84. The number of aromatic nitrogens is 2. The molecule has 2 amide bonds. The first-order valence-electron chi connectivity index (χ1n) is 16.6. The Labute approximate surface area is 295 Å². The molecule has 2 fully saturated rings. The zero-order valence-corrected chi connectivity index (χ0v) is 28.7. The van der Waals surface area contributed by atoms with Crippen molar-refractivity contribution in [3.63, 3.8) is 0 Å². The van der Waals surface area contributed by atoms with Gasteiger partial charge in [0.05, 0.1) is 22.8 Å². The molecule has 252 valence electrons. The molecule has 9 nitrogen and oxygen atoms in total. The third kappa shape index (κ3) is 7.31. The number of pyridine rings is 1. The standard InChI is InChI=1S/C38H38Cl2N6O3/c1-49-38-24(18-41-19-25-11-14-34(47)44-25)10-13-32(46-38)31-7-3-6-30(37(31)40)29-5-2-4-28(36(29)39)22-8-9-23-16-27(43-33(23)17-22)21-42-20-26-12-15-35(48)45-26/h2-10,13,16-17,25-26,41-43H,11-12,14-15,18-21H2,1H3,(H,44,47)(H,45,48)/t25-,26+/m1/s1. The van der Waals surface area contributed by atoms with Crippen LogP contribution in [0.2, 0.25) is 10.0 Å². The maximum absolute atomic E-state index is 11.5. The number of hydrogen-bond acceptors (Lipinski definition) is 6. The normalized spacial score (nSPS) is 17.4. The number of nitrogens with zero attached hydrogens (tertiary/aromatic N) is 1. The van der Waals surface area contributed by atoms with E-state index in [4.69, 9.17) is 32.9 Å². The van der Waals surface area contributed by atoms with Gasteiger partial charge in [-0.25, -0.2) is 4.98 Å². The first kappa shape index (κ1) is 33.1. The molecule has 0 unspecified atom stereocenters. The van der Waals surface area contributed by atoms with E-state index in [2.05, 4.69) is 50.5 Å². The number of aromatic amines is 1. The van der Waals surface area contributed by atoms with Crippen LogP contribution in [-0.4, -0.2) is 54.1 Å². The highest BCUT2D eigenvalue weighted by atomic mass is 35.5. The molecule has 0 bridgehead atoms. The highest BCUT2D eigenvalue weighted by Gasteiger charge is 2.22. The van der Waals surface area contributed by atoms with Gasteiger partial charge in [-0.05, 0) is 42.0 Å². The predicted octanol–water partition coefficient (Wildman–Crippen LogP) is 6.62. The average molecular weight is 698 g/mol. The van der Waals surface area contributed by atoms with Gasteiger partial charge < -0.3 is 31.0 Å². The Kier molecular flexibility index (Phi) is 9.86. The van der Waals surface area contributed by atoms with Crippen LogP contribution in [0.15, 0.2) is 72.8 Å². The molecular weight excluding hydrogens is 659 g/mol. The number of methoxy groups -OCH3 is 1. The maximum Gasteiger partial charge on any atom is 0.220 e. The third-order valence-electron chi connectivity index (χ3n) is 9.27. The van der Waals surface area contributed by atoms with E-state index in [1.165, 1.54) is 0 Å². The Hall–Kier alpha value is -4.41. The first-order valence-corrected chi connectivity index (χ1v) is 17.4. The van der Waals surface area contributed by atoms with Gasteiger partial charge in [-0.15, -0.1) is 0 Å². The molecule has 7 rings (SSSR count). The number of nitrogens with one attached hydrogen (secondary N) is 5. The zero-order chi connectivity index (χ0) is 33.9. The van der Waals surface area contributed by atoms with Crippen molar-refractivity contribution < 1.29 is 14.3 Å². The number of H-pyrrole nitrogens is 1. The Bertz CT molecular complexity index is 2030. The van der Waals surface area contributed by atoms with Crippen LogP contribution in [0.3, 0.4) is 0 Å². The molecule has 2 aliphatic heterocycles. The van der Waals surface area contributed by atoms with Crippen molar-refractivity contribution >= 4 is 45.9 Å². The van der Waals surface area contributed by atoms with Crippen molar-refractivity contribution in [2.45, 2.75) is 50.9 Å². The van der Waals surface area contributed by atoms with Crippen LogP contribution in [0.1, 0.15) is 36.9 Å². The summed E-state index contributed by atoms with van der Waals surface area (Å²) in [6.07, 6.45) is 2.90. The van der Waals surface area contributed by atoms with E-state index < -0.39 is 0 Å². The van der Waals surface area contributed by atoms with Crippen LogP contribution >= 0.6 is 23.2 Å². The lowest BCUT2D eigenvalue weighted by molar-refractivity contribution is -0.120. The van der Waals surface area contributed by atoms with Crippen molar-refractivity contribution in [1.29, 1.82) is 0 Å². The minimum Gasteiger partial charge on any atom is -0.481 e. The Morgan fingerprint density at radius 1 is 0.776 bits per heavy atom. The van der Waals surface area contributed by atoms with Gasteiger partial charge in [-0.2, -0.15) is 0 Å². The quantitative estimate of drug-likeness (QED) is 0.100. The molecule has 5 aromatic rings. The fourth-order valence-electron chi connectivity index (χ4n) is 6.70. The van der Waals surface area contributed by atoms with E-state index in [1.807, 2.05) is 48.5 Å². The fourth-order valence-corrected chi connectivity index (χ4v) is 7.37. The summed E-state index contributed by atoms with van der Waals surface area (Å²) in [5, 5.41) is 15.1. The number of benzene rings is 3. The SMILES string of the molecule is COc1nc(-c2cccc(-c3cccc(-c4ccc5cc(CNC[C@@H]6CCC(=O)N6)[nH]c5c4)c3Cl)c2Cl)ccc1CNC[C@H]1CCC(=O)N1. The topological polar surface area (TPSA) is 120 Å². The van der Waals surface area contributed by atoms with Crippen LogP contribution in [0, 0.1) is 0 Å². The molecule has 2 aromatic heterocycles. The van der Waals surface area contributed by atoms with Crippen molar-refractivity contribution in [1.82, 2.24) is 31.2 Å². The van der Waals surface area contributed by atoms with E-state index in [0.29, 0.717) is 54.1 Å². The third-order valence-corrected chi connectivity index (χ3v) is 10.1. The lowest BCUT2D eigenvalue weighted by atomic mass is 9.96. The van der Waals surface area contributed by atoms with E-state index in [9.17, 15) is 9.59 Å². The zero-order valence-electron chi connectivity index (χ0n) is 27.2. The van der Waals surface area contributed by atoms with Crippen LogP contribution < -0.4 is 26.0 Å². The Morgan fingerprint density at radius 2 is 1.41 bits per heavy atom. The second-order valence-corrected chi connectivity index (χ2v) is 13.4. The molecule has 2 aliphatic rings. The predicted molar refractivity (Wildman–Crippen MR) is 195 cm³/mol. The molecule has 5 N–H and O–H groups in total. The molecule has 0 radical (unpaired) electrons. The van der Waals surface area contributed by atoms with Gasteiger partial charge in [0.25, 0.3) is 0 Å². The number of carbonyl (C=O) groups is 2. The van der Waals surface area contributed by atoms with Gasteiger partial charge in [0, 0.05) is 90.1 Å². The summed E-state index contributed by atoms with van der Waals surface area (Å²) in [6, 6.07) is 24.6. The number of rotatable bonds is 12. The number of amides is 2. The van der Waals surface area contributed by atoms with E-state index in [-0.39, 0.29) is 23.9 Å². The first-order chi connectivity index (χ1) is 23.9. The van der Waals surface area contributed by atoms with E-state index >= 15 is 0 Å². The lowest BCUT2D eigenvalue weighted by Gasteiger charge is -2.16. The van der Waals surface area contributed by atoms with Crippen molar-refractivity contribution in [2.24, 2.45) is 0 Å². The summed E-state index contributed by atoms with van der Waals surface area (Å²) < 4.78 is 5.66. The summed E-state index contributed by atoms with van der Waals surface area (Å²) in [5.41, 5.74) is 8.02. The molecule has 2 saturated heterocycles. The summed E-state index contributed by atoms with van der Waals surface area (Å²) in [6.45, 7) is 2.68.